The van der Waals surface area contributed by atoms with Crippen molar-refractivity contribution in [3.05, 3.63) is 96.1 Å². The van der Waals surface area contributed by atoms with Crippen LogP contribution < -0.4 is 15.8 Å². The Kier molecular flexibility index (Phi) is 5.65. The second-order valence-corrected chi connectivity index (χ2v) is 6.25. The Hall–Kier alpha value is -2.85. The number of nitrogens with one attached hydrogen (secondary N) is 2. The highest BCUT2D eigenvalue weighted by Gasteiger charge is 2.09. The highest BCUT2D eigenvalue weighted by molar-refractivity contribution is 7.80. The van der Waals surface area contributed by atoms with Gasteiger partial charge in [0.05, 0.1) is 12.2 Å². The Bertz CT molecular complexity index is 819. The van der Waals surface area contributed by atoms with Crippen molar-refractivity contribution in [1.82, 2.24) is 5.43 Å². The SMILES string of the molecule is Cc1cccc(NC(=S)NN(Cc2ccccc2)c2ccccc2)c1. The van der Waals surface area contributed by atoms with Gasteiger partial charge in [0, 0.05) is 5.69 Å². The van der Waals surface area contributed by atoms with Crippen LogP contribution in [0.2, 0.25) is 0 Å². The molecular weight excluding hydrogens is 326 g/mol. The summed E-state index contributed by atoms with van der Waals surface area (Å²) in [5, 5.41) is 5.85. The number of hydrazine groups is 1. The van der Waals surface area contributed by atoms with Crippen LogP contribution in [-0.2, 0) is 6.54 Å². The molecular formula is C21H21N3S. The highest BCUT2D eigenvalue weighted by atomic mass is 32.1. The third kappa shape index (κ3) is 5.06. The van der Waals surface area contributed by atoms with E-state index >= 15 is 0 Å². The molecule has 0 spiro atoms. The molecule has 2 N–H and O–H groups in total. The number of nitrogens with zero attached hydrogens (tertiary/aromatic N) is 1. The zero-order valence-electron chi connectivity index (χ0n) is 14.1. The first-order chi connectivity index (χ1) is 12.2. The van der Waals surface area contributed by atoms with E-state index in [1.54, 1.807) is 0 Å². The fourth-order valence-corrected chi connectivity index (χ4v) is 2.80. The van der Waals surface area contributed by atoms with Gasteiger partial charge in [-0.05, 0) is 54.5 Å². The van der Waals surface area contributed by atoms with Crippen molar-refractivity contribution >= 4 is 28.7 Å². The minimum absolute atomic E-state index is 0.561. The standard InChI is InChI=1S/C21H21N3S/c1-17-9-8-12-19(15-17)22-21(25)23-24(20-13-6-3-7-14-20)16-18-10-4-2-5-11-18/h2-15H,16H2,1H3,(H2,22,23,25). The monoisotopic (exact) mass is 347 g/mol. The summed E-state index contributed by atoms with van der Waals surface area (Å²) in [6.45, 7) is 2.77. The first-order valence-electron chi connectivity index (χ1n) is 8.21. The molecule has 4 heteroatoms. The number of rotatable bonds is 5. The van der Waals surface area contributed by atoms with Crippen molar-refractivity contribution in [3.63, 3.8) is 0 Å². The molecule has 0 heterocycles. The first kappa shape index (κ1) is 17.0. The maximum absolute atomic E-state index is 5.51. The van der Waals surface area contributed by atoms with Crippen LogP contribution in [0.5, 0.6) is 0 Å². The van der Waals surface area contributed by atoms with E-state index in [-0.39, 0.29) is 0 Å². The Morgan fingerprint density at radius 3 is 2.24 bits per heavy atom. The lowest BCUT2D eigenvalue weighted by atomic mass is 10.2. The van der Waals surface area contributed by atoms with Crippen molar-refractivity contribution in [2.24, 2.45) is 0 Å². The molecule has 3 rings (SSSR count). The zero-order chi connectivity index (χ0) is 17.5. The fourth-order valence-electron chi connectivity index (χ4n) is 2.57. The van der Waals surface area contributed by atoms with Crippen LogP contribution in [-0.4, -0.2) is 5.11 Å². The van der Waals surface area contributed by atoms with Crippen LogP contribution in [0.1, 0.15) is 11.1 Å². The number of para-hydroxylation sites is 1. The summed E-state index contributed by atoms with van der Waals surface area (Å²) in [5.41, 5.74) is 7.73. The molecule has 0 aromatic heterocycles. The molecule has 0 amide bonds. The molecule has 3 aromatic rings. The molecule has 0 atom stereocenters. The molecule has 0 radical (unpaired) electrons. The van der Waals surface area contributed by atoms with Crippen LogP contribution in [0.15, 0.2) is 84.9 Å². The Morgan fingerprint density at radius 2 is 1.56 bits per heavy atom. The topological polar surface area (TPSA) is 27.3 Å². The summed E-state index contributed by atoms with van der Waals surface area (Å²) in [6.07, 6.45) is 0. The molecule has 0 fully saturated rings. The predicted octanol–water partition coefficient (Wildman–Crippen LogP) is 4.90. The van der Waals surface area contributed by atoms with Gasteiger partial charge in [-0.25, -0.2) is 0 Å². The summed E-state index contributed by atoms with van der Waals surface area (Å²) >= 11 is 5.51. The van der Waals surface area contributed by atoms with Gasteiger partial charge in [-0.3, -0.25) is 10.4 Å². The molecule has 126 valence electrons. The number of benzene rings is 3. The van der Waals surface area contributed by atoms with Crippen molar-refractivity contribution in [2.75, 3.05) is 10.3 Å². The maximum atomic E-state index is 5.51. The first-order valence-corrected chi connectivity index (χ1v) is 8.62. The Morgan fingerprint density at radius 1 is 0.880 bits per heavy atom. The second kappa shape index (κ2) is 8.31. The van der Waals surface area contributed by atoms with Crippen LogP contribution in [0.4, 0.5) is 11.4 Å². The van der Waals surface area contributed by atoms with Gasteiger partial charge in [0.25, 0.3) is 0 Å². The van der Waals surface area contributed by atoms with Crippen LogP contribution >= 0.6 is 12.2 Å². The molecule has 3 aromatic carbocycles. The van der Waals surface area contributed by atoms with Gasteiger partial charge < -0.3 is 5.32 Å². The average Bonchev–Trinajstić information content (AvgIpc) is 2.63. The summed E-state index contributed by atoms with van der Waals surface area (Å²) in [6, 6.07) is 28.6. The van der Waals surface area contributed by atoms with Gasteiger partial charge in [-0.15, -0.1) is 0 Å². The second-order valence-electron chi connectivity index (χ2n) is 5.84. The van der Waals surface area contributed by atoms with E-state index in [4.69, 9.17) is 12.2 Å². The number of thiocarbonyl (C=S) groups is 1. The number of anilines is 2. The normalized spacial score (nSPS) is 10.1. The number of hydrogen-bond acceptors (Lipinski definition) is 2. The molecule has 0 aliphatic carbocycles. The lowest BCUT2D eigenvalue weighted by Gasteiger charge is -2.27. The van der Waals surface area contributed by atoms with Gasteiger partial charge in [-0.1, -0.05) is 60.7 Å². The summed E-state index contributed by atoms with van der Waals surface area (Å²) in [5.74, 6) is 0. The van der Waals surface area contributed by atoms with Crippen LogP contribution in [0.3, 0.4) is 0 Å². The summed E-state index contributed by atoms with van der Waals surface area (Å²) in [4.78, 5) is 0. The van der Waals surface area contributed by atoms with E-state index in [9.17, 15) is 0 Å². The fraction of sp³-hybridized carbons (Fsp3) is 0.0952. The lowest BCUT2D eigenvalue weighted by Crippen LogP contribution is -2.44. The molecule has 0 unspecified atom stereocenters. The predicted molar refractivity (Wildman–Crippen MR) is 110 cm³/mol. The average molecular weight is 347 g/mol. The number of hydrogen-bond donors (Lipinski definition) is 2. The third-order valence-electron chi connectivity index (χ3n) is 3.76. The highest BCUT2D eigenvalue weighted by Crippen LogP contribution is 2.15. The quantitative estimate of drug-likeness (QED) is 0.507. The molecule has 25 heavy (non-hydrogen) atoms. The summed E-state index contributed by atoms with van der Waals surface area (Å²) < 4.78 is 0. The van der Waals surface area contributed by atoms with Gasteiger partial charge in [0.1, 0.15) is 0 Å². The van der Waals surface area contributed by atoms with Crippen molar-refractivity contribution in [3.8, 4) is 0 Å². The van der Waals surface area contributed by atoms with E-state index < -0.39 is 0 Å². The molecule has 0 aliphatic rings. The minimum Gasteiger partial charge on any atom is -0.331 e. The minimum atomic E-state index is 0.561. The van der Waals surface area contributed by atoms with E-state index in [0.717, 1.165) is 11.4 Å². The molecule has 0 aliphatic heterocycles. The van der Waals surface area contributed by atoms with Crippen molar-refractivity contribution < 1.29 is 0 Å². The Balaban J connectivity index is 1.74. The van der Waals surface area contributed by atoms with Crippen LogP contribution in [0.25, 0.3) is 0 Å². The smallest absolute Gasteiger partial charge is 0.189 e. The van der Waals surface area contributed by atoms with Gasteiger partial charge in [-0.2, -0.15) is 0 Å². The maximum Gasteiger partial charge on any atom is 0.189 e. The van der Waals surface area contributed by atoms with Crippen molar-refractivity contribution in [1.29, 1.82) is 0 Å². The molecule has 0 saturated heterocycles. The third-order valence-corrected chi connectivity index (χ3v) is 3.96. The van der Waals surface area contributed by atoms with Gasteiger partial charge in [0.2, 0.25) is 0 Å². The van der Waals surface area contributed by atoms with Crippen molar-refractivity contribution in [2.45, 2.75) is 13.5 Å². The van der Waals surface area contributed by atoms with E-state index in [1.807, 2.05) is 53.5 Å². The lowest BCUT2D eigenvalue weighted by molar-refractivity contribution is 0.769. The largest absolute Gasteiger partial charge is 0.331 e. The van der Waals surface area contributed by atoms with E-state index in [1.165, 1.54) is 11.1 Å². The van der Waals surface area contributed by atoms with E-state index in [0.29, 0.717) is 11.7 Å². The van der Waals surface area contributed by atoms with Crippen LogP contribution in [0, 0.1) is 6.92 Å². The molecule has 0 bridgehead atoms. The molecule has 0 saturated carbocycles. The van der Waals surface area contributed by atoms with E-state index in [2.05, 4.69) is 54.1 Å². The summed E-state index contributed by atoms with van der Waals surface area (Å²) in [7, 11) is 0. The zero-order valence-corrected chi connectivity index (χ0v) is 15.0. The van der Waals surface area contributed by atoms with Gasteiger partial charge >= 0.3 is 0 Å². The molecule has 3 nitrogen and oxygen atoms in total. The number of aryl methyl sites for hydroxylation is 1. The Labute approximate surface area is 154 Å². The van der Waals surface area contributed by atoms with Gasteiger partial charge in [0.15, 0.2) is 5.11 Å².